The van der Waals surface area contributed by atoms with Crippen LogP contribution in [-0.2, 0) is 28.5 Å². The van der Waals surface area contributed by atoms with Gasteiger partial charge in [0.1, 0.15) is 0 Å². The summed E-state index contributed by atoms with van der Waals surface area (Å²) in [5, 5.41) is 0. The Hall–Kier alpha value is -2.53. The molecular formula is C21H22N2O2. The van der Waals surface area contributed by atoms with Crippen LogP contribution in [0.2, 0.25) is 0 Å². The Bertz CT molecular complexity index is 705. The molecule has 0 bridgehead atoms. The Morgan fingerprint density at radius 3 is 1.64 bits per heavy atom. The maximum absolute atomic E-state index is 6.20. The first-order chi connectivity index (χ1) is 12.3. The average molecular weight is 334 g/mol. The summed E-state index contributed by atoms with van der Waals surface area (Å²) in [5.41, 5.74) is 9.09. The van der Waals surface area contributed by atoms with E-state index in [4.69, 9.17) is 15.2 Å². The van der Waals surface area contributed by atoms with E-state index in [0.29, 0.717) is 13.2 Å². The second-order valence-corrected chi connectivity index (χ2v) is 5.74. The van der Waals surface area contributed by atoms with Crippen molar-refractivity contribution in [3.63, 3.8) is 0 Å². The molecule has 0 radical (unpaired) electrons. The lowest BCUT2D eigenvalue weighted by molar-refractivity contribution is -0.253. The van der Waals surface area contributed by atoms with Gasteiger partial charge in [0.05, 0.1) is 19.8 Å². The molecule has 128 valence electrons. The SMILES string of the molecule is NCC(OCc1ccccc1)(OCc1ccccc1)c1ccncc1. The molecular weight excluding hydrogens is 312 g/mol. The largest absolute Gasteiger partial charge is 0.340 e. The van der Waals surface area contributed by atoms with Gasteiger partial charge >= 0.3 is 0 Å². The fourth-order valence-electron chi connectivity index (χ4n) is 2.60. The topological polar surface area (TPSA) is 57.4 Å². The highest BCUT2D eigenvalue weighted by Crippen LogP contribution is 2.28. The third-order valence-electron chi connectivity index (χ3n) is 4.02. The van der Waals surface area contributed by atoms with Crippen LogP contribution >= 0.6 is 0 Å². The van der Waals surface area contributed by atoms with E-state index in [1.807, 2.05) is 72.8 Å². The van der Waals surface area contributed by atoms with E-state index in [0.717, 1.165) is 16.7 Å². The van der Waals surface area contributed by atoms with E-state index in [2.05, 4.69) is 4.98 Å². The van der Waals surface area contributed by atoms with Crippen molar-refractivity contribution >= 4 is 0 Å². The van der Waals surface area contributed by atoms with Gasteiger partial charge < -0.3 is 15.2 Å². The number of hydrogen-bond donors (Lipinski definition) is 1. The fraction of sp³-hybridized carbons (Fsp3) is 0.190. The second kappa shape index (κ2) is 8.53. The zero-order valence-corrected chi connectivity index (χ0v) is 14.0. The quantitative estimate of drug-likeness (QED) is 0.639. The highest BCUT2D eigenvalue weighted by molar-refractivity contribution is 5.19. The van der Waals surface area contributed by atoms with Crippen LogP contribution in [0.1, 0.15) is 16.7 Å². The normalized spacial score (nSPS) is 11.4. The number of pyridine rings is 1. The van der Waals surface area contributed by atoms with Crippen molar-refractivity contribution in [2.45, 2.75) is 19.0 Å². The molecule has 0 aliphatic carbocycles. The summed E-state index contributed by atoms with van der Waals surface area (Å²) >= 11 is 0. The minimum Gasteiger partial charge on any atom is -0.340 e. The van der Waals surface area contributed by atoms with E-state index in [-0.39, 0.29) is 6.54 Å². The van der Waals surface area contributed by atoms with Gasteiger partial charge in [-0.3, -0.25) is 4.98 Å². The molecule has 0 saturated heterocycles. The summed E-state index contributed by atoms with van der Waals surface area (Å²) in [4.78, 5) is 4.08. The summed E-state index contributed by atoms with van der Waals surface area (Å²) < 4.78 is 12.4. The summed E-state index contributed by atoms with van der Waals surface area (Å²) in [6.07, 6.45) is 3.44. The predicted octanol–water partition coefficient (Wildman–Crippen LogP) is 3.63. The van der Waals surface area contributed by atoms with Gasteiger partial charge in [-0.1, -0.05) is 60.7 Å². The van der Waals surface area contributed by atoms with Crippen LogP contribution < -0.4 is 5.73 Å². The van der Waals surface area contributed by atoms with Crippen LogP contribution in [0.15, 0.2) is 85.2 Å². The van der Waals surface area contributed by atoms with Crippen LogP contribution in [0.4, 0.5) is 0 Å². The van der Waals surface area contributed by atoms with Crippen molar-refractivity contribution in [2.75, 3.05) is 6.54 Å². The molecule has 0 atom stereocenters. The van der Waals surface area contributed by atoms with Gasteiger partial charge in [0, 0.05) is 18.0 Å². The Morgan fingerprint density at radius 1 is 0.720 bits per heavy atom. The van der Waals surface area contributed by atoms with Gasteiger partial charge in [0.2, 0.25) is 5.79 Å². The molecule has 3 rings (SSSR count). The Labute approximate surface area is 148 Å². The fourth-order valence-corrected chi connectivity index (χ4v) is 2.60. The molecule has 0 unspecified atom stereocenters. The minimum atomic E-state index is -1.02. The zero-order chi connectivity index (χ0) is 17.4. The van der Waals surface area contributed by atoms with Gasteiger partial charge in [0.15, 0.2) is 0 Å². The third kappa shape index (κ3) is 4.51. The van der Waals surface area contributed by atoms with Crippen molar-refractivity contribution in [1.82, 2.24) is 4.98 Å². The number of hydrogen-bond acceptors (Lipinski definition) is 4. The zero-order valence-electron chi connectivity index (χ0n) is 14.0. The number of nitrogens with two attached hydrogens (primary N) is 1. The molecule has 25 heavy (non-hydrogen) atoms. The van der Waals surface area contributed by atoms with Gasteiger partial charge in [-0.2, -0.15) is 0 Å². The average Bonchev–Trinajstić information content (AvgIpc) is 2.71. The third-order valence-corrected chi connectivity index (χ3v) is 4.02. The lowest BCUT2D eigenvalue weighted by atomic mass is 10.1. The molecule has 2 aromatic carbocycles. The Balaban J connectivity index is 1.81. The monoisotopic (exact) mass is 334 g/mol. The van der Waals surface area contributed by atoms with Gasteiger partial charge in [-0.15, -0.1) is 0 Å². The predicted molar refractivity (Wildman–Crippen MR) is 97.4 cm³/mol. The molecule has 0 aliphatic heterocycles. The molecule has 1 aromatic heterocycles. The van der Waals surface area contributed by atoms with E-state index in [9.17, 15) is 0 Å². The lowest BCUT2D eigenvalue weighted by Crippen LogP contribution is -2.40. The van der Waals surface area contributed by atoms with Crippen molar-refractivity contribution < 1.29 is 9.47 Å². The molecule has 0 saturated carbocycles. The molecule has 3 aromatic rings. The Kier molecular flexibility index (Phi) is 5.90. The summed E-state index contributed by atoms with van der Waals surface area (Å²) in [7, 11) is 0. The van der Waals surface area contributed by atoms with Crippen molar-refractivity contribution in [1.29, 1.82) is 0 Å². The summed E-state index contributed by atoms with van der Waals surface area (Å²) in [6.45, 7) is 1.03. The van der Waals surface area contributed by atoms with Crippen LogP contribution in [0.3, 0.4) is 0 Å². The smallest absolute Gasteiger partial charge is 0.208 e. The number of aromatic nitrogens is 1. The maximum atomic E-state index is 6.20. The molecule has 0 amide bonds. The first-order valence-electron chi connectivity index (χ1n) is 8.29. The first kappa shape index (κ1) is 17.3. The molecule has 0 aliphatic rings. The minimum absolute atomic E-state index is 0.205. The second-order valence-electron chi connectivity index (χ2n) is 5.74. The van der Waals surface area contributed by atoms with E-state index in [1.165, 1.54) is 0 Å². The van der Waals surface area contributed by atoms with Crippen molar-refractivity contribution in [3.05, 3.63) is 102 Å². The Morgan fingerprint density at radius 2 is 1.20 bits per heavy atom. The van der Waals surface area contributed by atoms with Crippen LogP contribution in [-0.4, -0.2) is 11.5 Å². The standard InChI is InChI=1S/C21H22N2O2/c22-17-21(20-11-13-23-14-12-20,24-15-18-7-3-1-4-8-18)25-16-19-9-5-2-6-10-19/h1-14H,15-17,22H2. The van der Waals surface area contributed by atoms with Crippen molar-refractivity contribution in [2.24, 2.45) is 5.73 Å². The highest BCUT2D eigenvalue weighted by atomic mass is 16.7. The molecule has 4 heteroatoms. The van der Waals surface area contributed by atoms with Crippen LogP contribution in [0.5, 0.6) is 0 Å². The molecule has 2 N–H and O–H groups in total. The van der Waals surface area contributed by atoms with Crippen molar-refractivity contribution in [3.8, 4) is 0 Å². The molecule has 1 heterocycles. The van der Waals surface area contributed by atoms with E-state index in [1.54, 1.807) is 12.4 Å². The maximum Gasteiger partial charge on any atom is 0.208 e. The molecule has 0 spiro atoms. The lowest BCUT2D eigenvalue weighted by Gasteiger charge is -2.33. The number of ether oxygens (including phenoxy) is 2. The molecule has 0 fully saturated rings. The van der Waals surface area contributed by atoms with E-state index >= 15 is 0 Å². The van der Waals surface area contributed by atoms with Gasteiger partial charge in [-0.05, 0) is 23.3 Å². The van der Waals surface area contributed by atoms with Gasteiger partial charge in [0.25, 0.3) is 0 Å². The first-order valence-corrected chi connectivity index (χ1v) is 8.29. The highest BCUT2D eigenvalue weighted by Gasteiger charge is 2.33. The van der Waals surface area contributed by atoms with Crippen LogP contribution in [0, 0.1) is 0 Å². The van der Waals surface area contributed by atoms with E-state index < -0.39 is 5.79 Å². The number of rotatable bonds is 8. The molecule has 4 nitrogen and oxygen atoms in total. The van der Waals surface area contributed by atoms with Crippen LogP contribution in [0.25, 0.3) is 0 Å². The summed E-state index contributed by atoms with van der Waals surface area (Å²) in [6, 6.07) is 23.7. The summed E-state index contributed by atoms with van der Waals surface area (Å²) in [5.74, 6) is -1.02. The van der Waals surface area contributed by atoms with Gasteiger partial charge in [-0.25, -0.2) is 0 Å². The number of benzene rings is 2. The number of nitrogens with zero attached hydrogens (tertiary/aromatic N) is 1.